The van der Waals surface area contributed by atoms with Gasteiger partial charge in [-0.2, -0.15) is 0 Å². The Bertz CT molecular complexity index is 1500. The fourth-order valence-electron chi connectivity index (χ4n) is 9.35. The zero-order chi connectivity index (χ0) is 55.3. The highest BCUT2D eigenvalue weighted by Gasteiger charge is 2.47. The van der Waals surface area contributed by atoms with Crippen LogP contribution in [0.2, 0.25) is 0 Å². The van der Waals surface area contributed by atoms with Gasteiger partial charge in [0.15, 0.2) is 18.7 Å². The highest BCUT2D eigenvalue weighted by atomic mass is 16.7. The molecule has 76 heavy (non-hydrogen) atoms. The summed E-state index contributed by atoms with van der Waals surface area (Å²) in [5.41, 5.74) is 0. The van der Waals surface area contributed by atoms with Crippen LogP contribution >= 0.6 is 0 Å². The van der Waals surface area contributed by atoms with Crippen LogP contribution in [0.25, 0.3) is 0 Å². The van der Waals surface area contributed by atoms with Gasteiger partial charge in [0.25, 0.3) is 0 Å². The van der Waals surface area contributed by atoms with E-state index in [9.17, 15) is 45.3 Å². The Hall–Kier alpha value is -2.54. The van der Waals surface area contributed by atoms with E-state index in [1.165, 1.54) is 128 Å². The van der Waals surface area contributed by atoms with Crippen molar-refractivity contribution in [2.75, 3.05) is 26.4 Å². The second-order valence-electron chi connectivity index (χ2n) is 21.2. The molecule has 442 valence electrons. The summed E-state index contributed by atoms with van der Waals surface area (Å²) >= 11 is 0. The number of carbonyl (C=O) groups is 2. The third-order valence-corrected chi connectivity index (χ3v) is 14.3. The molecule has 2 heterocycles. The molecule has 4 unspecified atom stereocenters. The minimum atomic E-state index is -1.77. The van der Waals surface area contributed by atoms with Crippen molar-refractivity contribution in [2.45, 2.75) is 300 Å². The molecule has 15 nitrogen and oxygen atoms in total. The smallest absolute Gasteiger partial charge is 0.306 e. The van der Waals surface area contributed by atoms with E-state index in [4.69, 9.17) is 28.4 Å². The van der Waals surface area contributed by atoms with Crippen LogP contribution < -0.4 is 0 Å². The number of hydrogen-bond donors (Lipinski definition) is 7. The van der Waals surface area contributed by atoms with Crippen LogP contribution in [-0.4, -0.2) is 142 Å². The van der Waals surface area contributed by atoms with Crippen molar-refractivity contribution >= 4 is 11.9 Å². The van der Waals surface area contributed by atoms with Gasteiger partial charge in [-0.15, -0.1) is 0 Å². The predicted molar refractivity (Wildman–Crippen MR) is 298 cm³/mol. The number of unbranched alkanes of at least 4 members (excludes halogenated alkanes) is 26. The van der Waals surface area contributed by atoms with E-state index < -0.39 is 99.3 Å². The zero-order valence-electron chi connectivity index (χ0n) is 47.2. The van der Waals surface area contributed by atoms with Gasteiger partial charge in [-0.05, 0) is 70.6 Å². The zero-order valence-corrected chi connectivity index (χ0v) is 47.2. The van der Waals surface area contributed by atoms with Crippen molar-refractivity contribution in [3.63, 3.8) is 0 Å². The van der Waals surface area contributed by atoms with Crippen LogP contribution in [0.5, 0.6) is 0 Å². The third kappa shape index (κ3) is 33.8. The van der Waals surface area contributed by atoms with Gasteiger partial charge in [-0.25, -0.2) is 0 Å². The van der Waals surface area contributed by atoms with Crippen molar-refractivity contribution in [1.82, 2.24) is 0 Å². The Kier molecular flexibility index (Phi) is 43.3. The second-order valence-corrected chi connectivity index (χ2v) is 21.2. The van der Waals surface area contributed by atoms with Gasteiger partial charge in [-0.3, -0.25) is 9.59 Å². The lowest BCUT2D eigenvalue weighted by Crippen LogP contribution is -2.61. The summed E-state index contributed by atoms with van der Waals surface area (Å²) < 4.78 is 33.6. The monoisotopic (exact) mass is 1080 g/mol. The number of ether oxygens (including phenoxy) is 6. The average molecular weight is 1080 g/mol. The lowest BCUT2D eigenvalue weighted by molar-refractivity contribution is -0.332. The quantitative estimate of drug-likeness (QED) is 0.0171. The van der Waals surface area contributed by atoms with Crippen LogP contribution in [0, 0.1) is 0 Å². The first kappa shape index (κ1) is 69.6. The van der Waals surface area contributed by atoms with Gasteiger partial charge in [0, 0.05) is 12.8 Å². The maximum atomic E-state index is 13.1. The summed E-state index contributed by atoms with van der Waals surface area (Å²) in [5, 5.41) is 72.3. The molecule has 0 saturated carbocycles. The number of allylic oxidation sites excluding steroid dienone is 8. The van der Waals surface area contributed by atoms with E-state index in [-0.39, 0.29) is 19.4 Å². The molecule has 15 heteroatoms. The Labute approximate surface area is 458 Å². The maximum absolute atomic E-state index is 13.1. The Morgan fingerprint density at radius 3 is 1.32 bits per heavy atom. The van der Waals surface area contributed by atoms with Gasteiger partial charge < -0.3 is 64.2 Å². The van der Waals surface area contributed by atoms with Gasteiger partial charge in [0.05, 0.1) is 19.8 Å². The summed E-state index contributed by atoms with van der Waals surface area (Å²) in [6.07, 6.45) is 38.6. The van der Waals surface area contributed by atoms with Crippen molar-refractivity contribution < 1.29 is 73.8 Å². The number of aliphatic hydroxyl groups excluding tert-OH is 7. The number of carbonyl (C=O) groups excluding carboxylic acids is 2. The molecule has 0 amide bonds. The lowest BCUT2D eigenvalue weighted by atomic mass is 9.98. The summed E-state index contributed by atoms with van der Waals surface area (Å²) in [5.74, 6) is -0.982. The van der Waals surface area contributed by atoms with Crippen molar-refractivity contribution in [1.29, 1.82) is 0 Å². The van der Waals surface area contributed by atoms with E-state index in [2.05, 4.69) is 62.5 Å². The van der Waals surface area contributed by atoms with Gasteiger partial charge in [-0.1, -0.05) is 197 Å². The molecule has 0 aromatic rings. The first-order chi connectivity index (χ1) is 37.0. The molecule has 2 rings (SSSR count). The standard InChI is InChI=1S/C61H108O15/c1-3-5-7-9-11-13-15-17-19-21-22-23-24-25-26-28-29-31-33-35-37-39-41-43-52(63)71-46-49(74-53(64)44-42-40-38-36-34-32-30-27-20-18-16-14-12-10-8-6-4-2)47-72-60-59(70)57(68)55(66)51(76-60)48-73-61-58(69)56(67)54(65)50(45-62)75-61/h12,14,18,20,30,32,35,37,49-51,54-62,65-70H,3-11,13,15-17,19,21-29,31,33-34,36,38-48H2,1-2H3/b14-12+,20-18+,32-30+,37-35+/t49-,50+,51+,54-,55-,56?,57?,58?,59?,60+,61+/m0/s1. The predicted octanol–water partition coefficient (Wildman–Crippen LogP) is 10.6. The average Bonchev–Trinajstić information content (AvgIpc) is 3.41. The van der Waals surface area contributed by atoms with Crippen LogP contribution in [0.15, 0.2) is 48.6 Å². The molecule has 7 N–H and O–H groups in total. The van der Waals surface area contributed by atoms with Crippen LogP contribution in [0.4, 0.5) is 0 Å². The molecule has 2 fully saturated rings. The minimum Gasteiger partial charge on any atom is -0.462 e. The van der Waals surface area contributed by atoms with E-state index in [1.807, 2.05) is 0 Å². The number of esters is 2. The normalized spacial score (nSPS) is 24.6. The number of hydrogen-bond acceptors (Lipinski definition) is 15. The highest BCUT2D eigenvalue weighted by Crippen LogP contribution is 2.27. The fourth-order valence-corrected chi connectivity index (χ4v) is 9.35. The summed E-state index contributed by atoms with van der Waals surface area (Å²) in [4.78, 5) is 25.9. The topological polar surface area (TPSA) is 231 Å². The van der Waals surface area contributed by atoms with E-state index >= 15 is 0 Å². The molecule has 2 saturated heterocycles. The van der Waals surface area contributed by atoms with E-state index in [0.29, 0.717) is 12.8 Å². The van der Waals surface area contributed by atoms with E-state index in [1.54, 1.807) is 0 Å². The summed E-state index contributed by atoms with van der Waals surface area (Å²) in [7, 11) is 0. The molecule has 0 aromatic carbocycles. The molecular formula is C61H108O15. The molecule has 0 bridgehead atoms. The van der Waals surface area contributed by atoms with Gasteiger partial charge >= 0.3 is 11.9 Å². The molecule has 2 aliphatic heterocycles. The highest BCUT2D eigenvalue weighted by molar-refractivity contribution is 5.70. The lowest BCUT2D eigenvalue weighted by Gasteiger charge is -2.42. The molecule has 11 atom stereocenters. The Balaban J connectivity index is 1.74. The Morgan fingerprint density at radius 1 is 0.421 bits per heavy atom. The molecule has 0 aromatic heterocycles. The van der Waals surface area contributed by atoms with Crippen molar-refractivity contribution in [2.24, 2.45) is 0 Å². The van der Waals surface area contributed by atoms with Crippen molar-refractivity contribution in [3.8, 4) is 0 Å². The maximum Gasteiger partial charge on any atom is 0.306 e. The second kappa shape index (κ2) is 47.3. The molecule has 0 aliphatic carbocycles. The number of rotatable bonds is 48. The molecule has 0 spiro atoms. The molecule has 0 radical (unpaired) electrons. The van der Waals surface area contributed by atoms with Crippen molar-refractivity contribution in [3.05, 3.63) is 48.6 Å². The summed E-state index contributed by atoms with van der Waals surface area (Å²) in [6, 6.07) is 0. The summed E-state index contributed by atoms with van der Waals surface area (Å²) in [6.45, 7) is 2.55. The van der Waals surface area contributed by atoms with Crippen LogP contribution in [0.3, 0.4) is 0 Å². The largest absolute Gasteiger partial charge is 0.462 e. The van der Waals surface area contributed by atoms with E-state index in [0.717, 1.165) is 64.2 Å². The minimum absolute atomic E-state index is 0.134. The molecular weight excluding hydrogens is 973 g/mol. The van der Waals surface area contributed by atoms with Gasteiger partial charge in [0.1, 0.15) is 55.4 Å². The SMILES string of the molecule is CCCCC/C=C/C/C=C/C/C=C/CCCCCCC(=O)O[C@@H](COC(=O)CCC/C=C/CCCCCCCCCCCCCCCCCCCC)CO[C@@H]1O[C@H](CO[C@@H]2O[C@H](CO)[C@H](O)C(O)C2O)[C@H](O)C(O)C1O. The fraction of sp³-hybridized carbons (Fsp3) is 0.836. The third-order valence-electron chi connectivity index (χ3n) is 14.3. The Morgan fingerprint density at radius 2 is 0.803 bits per heavy atom. The first-order valence-corrected chi connectivity index (χ1v) is 30.2. The first-order valence-electron chi connectivity index (χ1n) is 30.2. The molecule has 2 aliphatic rings. The van der Waals surface area contributed by atoms with Crippen LogP contribution in [0.1, 0.15) is 232 Å². The number of aliphatic hydroxyl groups is 7. The van der Waals surface area contributed by atoms with Crippen LogP contribution in [-0.2, 0) is 38.0 Å². The van der Waals surface area contributed by atoms with Gasteiger partial charge in [0.2, 0.25) is 0 Å².